The van der Waals surface area contributed by atoms with Gasteiger partial charge in [-0.1, -0.05) is 37.1 Å². The third-order valence-corrected chi connectivity index (χ3v) is 4.19. The molecule has 1 aromatic carbocycles. The predicted octanol–water partition coefficient (Wildman–Crippen LogP) is 3.42. The molecule has 0 aliphatic carbocycles. The summed E-state index contributed by atoms with van der Waals surface area (Å²) in [5, 5.41) is 10.2. The molecule has 1 fully saturated rings. The molecular formula is C15H20ClNO2. The SMILES string of the molecule is CCCC1(C(=O)O)CCN(Cc2ccc(Cl)cc2)C1. The predicted molar refractivity (Wildman–Crippen MR) is 76.3 cm³/mol. The van der Waals surface area contributed by atoms with Crippen LogP contribution in [0.1, 0.15) is 31.7 Å². The lowest BCUT2D eigenvalue weighted by Crippen LogP contribution is -2.34. The van der Waals surface area contributed by atoms with Gasteiger partial charge < -0.3 is 5.11 Å². The summed E-state index contributed by atoms with van der Waals surface area (Å²) in [4.78, 5) is 13.7. The van der Waals surface area contributed by atoms with E-state index in [0.29, 0.717) is 6.54 Å². The molecule has 1 atom stereocenters. The van der Waals surface area contributed by atoms with E-state index in [1.807, 2.05) is 31.2 Å². The van der Waals surface area contributed by atoms with Gasteiger partial charge in [0.25, 0.3) is 0 Å². The molecule has 1 aromatic rings. The van der Waals surface area contributed by atoms with Crippen LogP contribution in [0.15, 0.2) is 24.3 Å². The molecule has 1 aliphatic rings. The van der Waals surface area contributed by atoms with Crippen LogP contribution in [0.5, 0.6) is 0 Å². The number of benzene rings is 1. The van der Waals surface area contributed by atoms with E-state index in [9.17, 15) is 9.90 Å². The third-order valence-electron chi connectivity index (χ3n) is 3.93. The Labute approximate surface area is 119 Å². The molecule has 0 aromatic heterocycles. The van der Waals surface area contributed by atoms with Crippen LogP contribution < -0.4 is 0 Å². The molecule has 1 unspecified atom stereocenters. The number of halogens is 1. The first-order chi connectivity index (χ1) is 9.05. The Balaban J connectivity index is 2.01. The molecule has 0 saturated carbocycles. The zero-order valence-corrected chi connectivity index (χ0v) is 12.0. The highest BCUT2D eigenvalue weighted by Crippen LogP contribution is 2.36. The second kappa shape index (κ2) is 5.93. The van der Waals surface area contributed by atoms with Crippen molar-refractivity contribution in [3.8, 4) is 0 Å². The average molecular weight is 282 g/mol. The van der Waals surface area contributed by atoms with Gasteiger partial charge in [-0.25, -0.2) is 0 Å². The average Bonchev–Trinajstić information content (AvgIpc) is 2.77. The lowest BCUT2D eigenvalue weighted by atomic mass is 9.83. The number of rotatable bonds is 5. The monoisotopic (exact) mass is 281 g/mol. The van der Waals surface area contributed by atoms with E-state index in [0.717, 1.165) is 37.4 Å². The quantitative estimate of drug-likeness (QED) is 0.899. The van der Waals surface area contributed by atoms with Crippen molar-refractivity contribution in [1.82, 2.24) is 4.90 Å². The lowest BCUT2D eigenvalue weighted by Gasteiger charge is -2.24. The number of aliphatic carboxylic acids is 1. The van der Waals surface area contributed by atoms with Crippen molar-refractivity contribution < 1.29 is 9.90 Å². The van der Waals surface area contributed by atoms with Crippen LogP contribution >= 0.6 is 11.6 Å². The molecule has 1 heterocycles. The first kappa shape index (κ1) is 14.4. The summed E-state index contributed by atoms with van der Waals surface area (Å²) in [7, 11) is 0. The van der Waals surface area contributed by atoms with Crippen molar-refractivity contribution in [1.29, 1.82) is 0 Å². The maximum atomic E-state index is 11.5. The Hall–Kier alpha value is -1.06. The molecule has 104 valence electrons. The van der Waals surface area contributed by atoms with Crippen molar-refractivity contribution in [3.05, 3.63) is 34.9 Å². The van der Waals surface area contributed by atoms with Crippen LogP contribution in [0.25, 0.3) is 0 Å². The summed E-state index contributed by atoms with van der Waals surface area (Å²) >= 11 is 5.87. The Morgan fingerprint density at radius 2 is 2.11 bits per heavy atom. The highest BCUT2D eigenvalue weighted by Gasteiger charge is 2.43. The molecule has 0 amide bonds. The van der Waals surface area contributed by atoms with Crippen LogP contribution in [0.4, 0.5) is 0 Å². The molecule has 1 saturated heterocycles. The van der Waals surface area contributed by atoms with Crippen LogP contribution in [-0.2, 0) is 11.3 Å². The van der Waals surface area contributed by atoms with E-state index in [1.165, 1.54) is 5.56 Å². The van der Waals surface area contributed by atoms with Gasteiger partial charge >= 0.3 is 5.97 Å². The highest BCUT2D eigenvalue weighted by atomic mass is 35.5. The molecule has 19 heavy (non-hydrogen) atoms. The maximum absolute atomic E-state index is 11.5. The number of carbonyl (C=O) groups is 1. The van der Waals surface area contributed by atoms with Crippen molar-refractivity contribution in [2.75, 3.05) is 13.1 Å². The molecule has 0 radical (unpaired) electrons. The van der Waals surface area contributed by atoms with E-state index in [1.54, 1.807) is 0 Å². The van der Waals surface area contributed by atoms with Crippen molar-refractivity contribution in [3.63, 3.8) is 0 Å². The van der Waals surface area contributed by atoms with Gasteiger partial charge in [-0.05, 0) is 37.1 Å². The van der Waals surface area contributed by atoms with Crippen LogP contribution in [0.2, 0.25) is 5.02 Å². The number of nitrogens with zero attached hydrogens (tertiary/aromatic N) is 1. The smallest absolute Gasteiger partial charge is 0.310 e. The fourth-order valence-electron chi connectivity index (χ4n) is 2.91. The van der Waals surface area contributed by atoms with Crippen molar-refractivity contribution in [2.24, 2.45) is 5.41 Å². The summed E-state index contributed by atoms with van der Waals surface area (Å²) in [6, 6.07) is 7.76. The number of carboxylic acids is 1. The fourth-order valence-corrected chi connectivity index (χ4v) is 3.03. The molecule has 1 aliphatic heterocycles. The van der Waals surface area contributed by atoms with Crippen LogP contribution in [-0.4, -0.2) is 29.1 Å². The highest BCUT2D eigenvalue weighted by molar-refractivity contribution is 6.30. The fraction of sp³-hybridized carbons (Fsp3) is 0.533. The van der Waals surface area contributed by atoms with Gasteiger partial charge in [0.05, 0.1) is 5.41 Å². The van der Waals surface area contributed by atoms with Gasteiger partial charge in [0.2, 0.25) is 0 Å². The minimum absolute atomic E-state index is 0.541. The van der Waals surface area contributed by atoms with Crippen molar-refractivity contribution in [2.45, 2.75) is 32.7 Å². The lowest BCUT2D eigenvalue weighted by molar-refractivity contribution is -0.148. The van der Waals surface area contributed by atoms with Gasteiger partial charge in [0.1, 0.15) is 0 Å². The summed E-state index contributed by atoms with van der Waals surface area (Å²) in [6.45, 7) is 4.36. The van der Waals surface area contributed by atoms with E-state index < -0.39 is 11.4 Å². The summed E-state index contributed by atoms with van der Waals surface area (Å²) < 4.78 is 0. The van der Waals surface area contributed by atoms with Gasteiger partial charge in [0, 0.05) is 18.1 Å². The number of likely N-dealkylation sites (tertiary alicyclic amines) is 1. The summed E-state index contributed by atoms with van der Waals surface area (Å²) in [5.74, 6) is -0.645. The Morgan fingerprint density at radius 1 is 1.42 bits per heavy atom. The molecule has 2 rings (SSSR count). The standard InChI is InChI=1S/C15H20ClNO2/c1-2-7-15(14(18)19)8-9-17(11-15)10-12-3-5-13(16)6-4-12/h3-6H,2,7-11H2,1H3,(H,18,19). The molecule has 0 spiro atoms. The number of carboxylic acid groups (broad SMARTS) is 1. The largest absolute Gasteiger partial charge is 0.481 e. The van der Waals surface area contributed by atoms with Crippen LogP contribution in [0.3, 0.4) is 0 Å². The normalized spacial score (nSPS) is 23.7. The topological polar surface area (TPSA) is 40.5 Å². The minimum atomic E-state index is -0.645. The van der Waals surface area contributed by atoms with Crippen LogP contribution in [0, 0.1) is 5.41 Å². The zero-order chi connectivity index (χ0) is 13.9. The number of hydrogen-bond acceptors (Lipinski definition) is 2. The van der Waals surface area contributed by atoms with E-state index >= 15 is 0 Å². The van der Waals surface area contributed by atoms with Gasteiger partial charge in [-0.15, -0.1) is 0 Å². The number of hydrogen-bond donors (Lipinski definition) is 1. The maximum Gasteiger partial charge on any atom is 0.310 e. The van der Waals surface area contributed by atoms with Gasteiger partial charge in [-0.3, -0.25) is 9.69 Å². The van der Waals surface area contributed by atoms with E-state index in [-0.39, 0.29) is 0 Å². The minimum Gasteiger partial charge on any atom is -0.481 e. The Kier molecular flexibility index (Phi) is 4.48. The molecule has 0 bridgehead atoms. The first-order valence-electron chi connectivity index (χ1n) is 6.76. The molecule has 1 N–H and O–H groups in total. The Morgan fingerprint density at radius 3 is 2.68 bits per heavy atom. The second-order valence-corrected chi connectivity index (χ2v) is 5.86. The molecular weight excluding hydrogens is 262 g/mol. The van der Waals surface area contributed by atoms with Crippen molar-refractivity contribution >= 4 is 17.6 Å². The van der Waals surface area contributed by atoms with Gasteiger partial charge in [0.15, 0.2) is 0 Å². The molecule has 3 nitrogen and oxygen atoms in total. The second-order valence-electron chi connectivity index (χ2n) is 5.42. The summed E-state index contributed by atoms with van der Waals surface area (Å²) in [6.07, 6.45) is 2.43. The van der Waals surface area contributed by atoms with Gasteiger partial charge in [-0.2, -0.15) is 0 Å². The molecule has 4 heteroatoms. The third kappa shape index (κ3) is 3.28. The van der Waals surface area contributed by atoms with E-state index in [4.69, 9.17) is 11.6 Å². The zero-order valence-electron chi connectivity index (χ0n) is 11.2. The summed E-state index contributed by atoms with van der Waals surface area (Å²) in [5.41, 5.74) is 0.642. The Bertz CT molecular complexity index is 446. The first-order valence-corrected chi connectivity index (χ1v) is 7.14. The van der Waals surface area contributed by atoms with E-state index in [2.05, 4.69) is 4.90 Å².